The van der Waals surface area contributed by atoms with Crippen molar-refractivity contribution in [3.05, 3.63) is 58.7 Å². The van der Waals surface area contributed by atoms with Crippen molar-refractivity contribution in [1.29, 1.82) is 0 Å². The molecule has 1 radical (unpaired) electrons. The molecule has 0 nitrogen and oxygen atoms in total. The molecule has 0 amide bonds. The predicted molar refractivity (Wildman–Crippen MR) is 81.9 cm³/mol. The first-order chi connectivity index (χ1) is 8.04. The number of aryl methyl sites for hydroxylation is 2. The molecule has 2 heteroatoms. The maximum absolute atomic E-state index is 2.24. The van der Waals surface area contributed by atoms with Crippen molar-refractivity contribution in [2.75, 3.05) is 0 Å². The molecule has 0 aliphatic carbocycles. The SMILES string of the molecule is C[SiH]C.Cc1c[c-](C)c(C)c1C.[Hf].c1cc[cH-]c1. The Morgan fingerprint density at radius 1 is 1.06 bits per heavy atom. The summed E-state index contributed by atoms with van der Waals surface area (Å²) in [6.45, 7) is 13.1. The van der Waals surface area contributed by atoms with Crippen LogP contribution in [-0.4, -0.2) is 9.52 Å². The molecule has 0 fully saturated rings. The average Bonchev–Trinajstić information content (AvgIpc) is 2.91. The summed E-state index contributed by atoms with van der Waals surface area (Å²) >= 11 is 0. The molecule has 18 heavy (non-hydrogen) atoms. The van der Waals surface area contributed by atoms with Crippen LogP contribution in [0.2, 0.25) is 13.1 Å². The summed E-state index contributed by atoms with van der Waals surface area (Å²) in [6.07, 6.45) is 0. The van der Waals surface area contributed by atoms with Crippen molar-refractivity contribution in [2.24, 2.45) is 0 Å². The van der Waals surface area contributed by atoms with Crippen molar-refractivity contribution < 1.29 is 25.8 Å². The van der Waals surface area contributed by atoms with Gasteiger partial charge in [0.05, 0.1) is 0 Å². The van der Waals surface area contributed by atoms with E-state index in [4.69, 9.17) is 0 Å². The average molecular weight is 424 g/mol. The molecule has 0 heterocycles. The largest absolute Gasteiger partial charge is 0.214 e. The van der Waals surface area contributed by atoms with Gasteiger partial charge in [0.2, 0.25) is 0 Å². The van der Waals surface area contributed by atoms with Crippen LogP contribution in [0.5, 0.6) is 0 Å². The van der Waals surface area contributed by atoms with Crippen molar-refractivity contribution in [1.82, 2.24) is 0 Å². The molecule has 99 valence electrons. The molecule has 0 aromatic heterocycles. The monoisotopic (exact) mass is 425 g/mol. The normalized spacial score (nSPS) is 8.33. The van der Waals surface area contributed by atoms with Crippen molar-refractivity contribution in [2.45, 2.75) is 40.8 Å². The van der Waals surface area contributed by atoms with Gasteiger partial charge in [0.25, 0.3) is 0 Å². The van der Waals surface area contributed by atoms with E-state index >= 15 is 0 Å². The van der Waals surface area contributed by atoms with Gasteiger partial charge in [-0.05, 0) is 0 Å². The first-order valence-corrected chi connectivity index (χ1v) is 8.46. The molecule has 0 unspecified atom stereocenters. The topological polar surface area (TPSA) is 0 Å². The maximum atomic E-state index is 2.24. The van der Waals surface area contributed by atoms with Gasteiger partial charge in [-0.25, -0.2) is 12.1 Å². The van der Waals surface area contributed by atoms with Crippen LogP contribution in [0, 0.1) is 27.7 Å². The van der Waals surface area contributed by atoms with Gasteiger partial charge in [-0.2, -0.15) is 46.5 Å². The van der Waals surface area contributed by atoms with Gasteiger partial charge in [0, 0.05) is 35.4 Å². The molecule has 2 aromatic rings. The Morgan fingerprint density at radius 2 is 1.50 bits per heavy atom. The minimum Gasteiger partial charge on any atom is -0.214 e. The van der Waals surface area contributed by atoms with E-state index in [1.165, 1.54) is 22.3 Å². The summed E-state index contributed by atoms with van der Waals surface area (Å²) in [4.78, 5) is 0. The van der Waals surface area contributed by atoms with E-state index in [1.807, 2.05) is 30.3 Å². The quantitative estimate of drug-likeness (QED) is 0.430. The van der Waals surface area contributed by atoms with Crippen LogP contribution >= 0.6 is 0 Å². The fourth-order valence-electron chi connectivity index (χ4n) is 1.45. The third-order valence-electron chi connectivity index (χ3n) is 2.73. The van der Waals surface area contributed by atoms with Crippen LogP contribution < -0.4 is 0 Å². The predicted octanol–water partition coefficient (Wildman–Crippen LogP) is 4.56. The van der Waals surface area contributed by atoms with E-state index in [-0.39, 0.29) is 25.8 Å². The van der Waals surface area contributed by atoms with Gasteiger partial charge < -0.3 is 0 Å². The fourth-order valence-corrected chi connectivity index (χ4v) is 1.45. The zero-order valence-corrected chi connectivity index (χ0v) is 17.3. The minimum absolute atomic E-state index is 0. The molecule has 0 aliphatic heterocycles. The molecule has 0 saturated heterocycles. The first-order valence-electron chi connectivity index (χ1n) is 6.15. The van der Waals surface area contributed by atoms with Gasteiger partial charge in [-0.1, -0.05) is 40.8 Å². The molecule has 0 aliphatic rings. The molecule has 0 bridgehead atoms. The van der Waals surface area contributed by atoms with E-state index in [0.29, 0.717) is 0 Å². The van der Waals surface area contributed by atoms with Gasteiger partial charge in [-0.3, -0.25) is 0 Å². The van der Waals surface area contributed by atoms with Crippen molar-refractivity contribution in [3.8, 4) is 0 Å². The standard InChI is InChI=1S/C9H13.C5H5.C2H7Si.Hf/c1-6-5-7(2)9(4)8(6)3;1-2-4-5-3-1;1-3-2;/h5H,1-4H3;1-5H;3H,1-2H3;/q2*-1;;. The van der Waals surface area contributed by atoms with Crippen LogP contribution in [0.3, 0.4) is 0 Å². The maximum Gasteiger partial charge on any atom is 0.0213 e. The molecule has 0 N–H and O–H groups in total. The Hall–Kier alpha value is -0.213. The third kappa shape index (κ3) is 7.99. The molecule has 0 saturated carbocycles. The van der Waals surface area contributed by atoms with Crippen LogP contribution in [0.15, 0.2) is 36.4 Å². The summed E-state index contributed by atoms with van der Waals surface area (Å²) in [7, 11) is 0.750. The summed E-state index contributed by atoms with van der Waals surface area (Å²) in [5.41, 5.74) is 5.75. The van der Waals surface area contributed by atoms with E-state index in [9.17, 15) is 0 Å². The van der Waals surface area contributed by atoms with E-state index in [2.05, 4.69) is 46.9 Å². The third-order valence-corrected chi connectivity index (χ3v) is 2.73. The van der Waals surface area contributed by atoms with E-state index in [1.54, 1.807) is 0 Å². The van der Waals surface area contributed by atoms with Crippen LogP contribution in [0.1, 0.15) is 22.3 Å². The Bertz CT molecular complexity index is 346. The minimum atomic E-state index is 0. The molecule has 0 atom stereocenters. The summed E-state index contributed by atoms with van der Waals surface area (Å²) in [6, 6.07) is 12.2. The van der Waals surface area contributed by atoms with Crippen LogP contribution in [0.4, 0.5) is 0 Å². The molecular formula is C16H25HfSi-2. The Morgan fingerprint density at radius 3 is 1.61 bits per heavy atom. The Kier molecular flexibility index (Phi) is 13.2. The van der Waals surface area contributed by atoms with E-state index in [0.717, 1.165) is 9.52 Å². The van der Waals surface area contributed by atoms with Gasteiger partial charge in [0.15, 0.2) is 0 Å². The molecular weight excluding hydrogens is 399 g/mol. The van der Waals surface area contributed by atoms with Gasteiger partial charge in [0.1, 0.15) is 0 Å². The number of rotatable bonds is 0. The van der Waals surface area contributed by atoms with Crippen LogP contribution in [-0.2, 0) is 25.8 Å². The molecule has 0 spiro atoms. The second kappa shape index (κ2) is 11.9. The number of hydrogen-bond acceptors (Lipinski definition) is 0. The van der Waals surface area contributed by atoms with Crippen LogP contribution in [0.25, 0.3) is 0 Å². The summed E-state index contributed by atoms with van der Waals surface area (Å²) < 4.78 is 0. The fraction of sp³-hybridized carbons (Fsp3) is 0.375. The molecule has 2 aromatic carbocycles. The molecule has 2 rings (SSSR count). The number of hydrogen-bond donors (Lipinski definition) is 0. The smallest absolute Gasteiger partial charge is 0.0213 e. The Balaban J connectivity index is 0. The second-order valence-electron chi connectivity index (χ2n) is 4.30. The first kappa shape index (κ1) is 20.1. The van der Waals surface area contributed by atoms with Crippen molar-refractivity contribution in [3.63, 3.8) is 0 Å². The summed E-state index contributed by atoms with van der Waals surface area (Å²) in [5.74, 6) is 0. The second-order valence-corrected chi connectivity index (χ2v) is 5.45. The zero-order chi connectivity index (χ0) is 13.3. The van der Waals surface area contributed by atoms with Gasteiger partial charge >= 0.3 is 0 Å². The zero-order valence-electron chi connectivity index (χ0n) is 12.5. The van der Waals surface area contributed by atoms with E-state index < -0.39 is 0 Å². The van der Waals surface area contributed by atoms with Crippen molar-refractivity contribution >= 4 is 9.52 Å². The van der Waals surface area contributed by atoms with Gasteiger partial charge in [-0.15, -0.1) is 0 Å². The Labute approximate surface area is 134 Å². The summed E-state index contributed by atoms with van der Waals surface area (Å²) in [5, 5.41) is 0.